The Balaban J connectivity index is 2.19. The fourth-order valence-corrected chi connectivity index (χ4v) is 3.35. The molecule has 2 aromatic rings. The summed E-state index contributed by atoms with van der Waals surface area (Å²) in [6, 6.07) is 16.1. The van der Waals surface area contributed by atoms with E-state index in [9.17, 15) is 14.7 Å². The summed E-state index contributed by atoms with van der Waals surface area (Å²) in [5.41, 5.74) is -0.974. The normalized spacial score (nSPS) is 21.7. The number of carbonyl (C=O) groups is 2. The lowest BCUT2D eigenvalue weighted by molar-refractivity contribution is -0.155. The van der Waals surface area contributed by atoms with Crippen molar-refractivity contribution in [1.82, 2.24) is 4.90 Å². The van der Waals surface area contributed by atoms with Gasteiger partial charge in [-0.1, -0.05) is 42.5 Å². The molecule has 0 spiro atoms. The van der Waals surface area contributed by atoms with Crippen molar-refractivity contribution in [3.8, 4) is 5.75 Å². The van der Waals surface area contributed by atoms with Gasteiger partial charge in [-0.25, -0.2) is 9.59 Å². The number of carbonyl (C=O) groups excluding carboxylic acids is 1. The maximum Gasteiger partial charge on any atom is 0.413 e. The highest BCUT2D eigenvalue weighted by Gasteiger charge is 2.55. The van der Waals surface area contributed by atoms with Gasteiger partial charge in [0.1, 0.15) is 11.4 Å². The Bertz CT molecular complexity index is 874. The summed E-state index contributed by atoms with van der Waals surface area (Å²) in [5, 5.41) is 9.63. The maximum absolute atomic E-state index is 13.1. The Kier molecular flexibility index (Phi) is 5.53. The number of aliphatic carboxylic acids is 1. The van der Waals surface area contributed by atoms with Gasteiger partial charge in [0, 0.05) is 11.1 Å². The van der Waals surface area contributed by atoms with E-state index in [0.717, 1.165) is 0 Å². The molecule has 7 heteroatoms. The highest BCUT2D eigenvalue weighted by molar-refractivity contribution is 5.77. The third-order valence-electron chi connectivity index (χ3n) is 4.58. The Morgan fingerprint density at radius 3 is 2.17 bits per heavy atom. The van der Waals surface area contributed by atoms with Crippen LogP contribution in [0.25, 0.3) is 0 Å². The fourth-order valence-electron chi connectivity index (χ4n) is 3.35. The summed E-state index contributed by atoms with van der Waals surface area (Å²) < 4.78 is 16.9. The number of hydrogen-bond donors (Lipinski definition) is 1. The van der Waals surface area contributed by atoms with Gasteiger partial charge in [-0.3, -0.25) is 4.90 Å². The van der Waals surface area contributed by atoms with Crippen LogP contribution in [0.5, 0.6) is 5.75 Å². The molecular formula is C22H25NO6. The Labute approximate surface area is 169 Å². The molecule has 1 fully saturated rings. The number of ether oxygens (including phenoxy) is 3. The first kappa shape index (κ1) is 20.7. The first-order valence-corrected chi connectivity index (χ1v) is 9.28. The van der Waals surface area contributed by atoms with E-state index in [1.165, 1.54) is 4.90 Å². The second kappa shape index (κ2) is 7.75. The van der Waals surface area contributed by atoms with E-state index in [2.05, 4.69) is 0 Å². The molecule has 0 unspecified atom stereocenters. The van der Waals surface area contributed by atoms with Crippen LogP contribution in [0.4, 0.5) is 4.79 Å². The van der Waals surface area contributed by atoms with E-state index in [0.29, 0.717) is 16.9 Å². The summed E-state index contributed by atoms with van der Waals surface area (Å²) in [6.45, 7) is 5.13. The van der Waals surface area contributed by atoms with E-state index in [1.54, 1.807) is 64.3 Å². The lowest BCUT2D eigenvalue weighted by atomic mass is 9.93. The van der Waals surface area contributed by atoms with Crippen LogP contribution in [0.15, 0.2) is 54.6 Å². The molecule has 0 bridgehead atoms. The van der Waals surface area contributed by atoms with E-state index in [1.807, 2.05) is 18.2 Å². The zero-order valence-corrected chi connectivity index (χ0v) is 16.9. The molecule has 3 rings (SSSR count). The van der Waals surface area contributed by atoms with E-state index >= 15 is 0 Å². The lowest BCUT2D eigenvalue weighted by Crippen LogP contribution is -2.48. The molecule has 0 radical (unpaired) electrons. The van der Waals surface area contributed by atoms with Crippen LogP contribution >= 0.6 is 0 Å². The summed E-state index contributed by atoms with van der Waals surface area (Å²) in [7, 11) is 1.56. The number of carboxylic acid groups (broad SMARTS) is 1. The Morgan fingerprint density at radius 1 is 1.07 bits per heavy atom. The molecule has 1 aliphatic heterocycles. The molecule has 7 nitrogen and oxygen atoms in total. The summed E-state index contributed by atoms with van der Waals surface area (Å²) in [5.74, 6) is -0.515. The predicted molar refractivity (Wildman–Crippen MR) is 106 cm³/mol. The van der Waals surface area contributed by atoms with Crippen LogP contribution in [-0.2, 0) is 20.0 Å². The minimum atomic E-state index is -1.45. The second-order valence-corrected chi connectivity index (χ2v) is 7.77. The van der Waals surface area contributed by atoms with E-state index < -0.39 is 29.5 Å². The number of benzene rings is 2. The third-order valence-corrected chi connectivity index (χ3v) is 4.58. The quantitative estimate of drug-likeness (QED) is 0.845. The summed E-state index contributed by atoms with van der Waals surface area (Å²) in [4.78, 5) is 26.2. The van der Waals surface area contributed by atoms with Gasteiger partial charge in [0.05, 0.1) is 13.7 Å². The topological polar surface area (TPSA) is 85.3 Å². The van der Waals surface area contributed by atoms with Crippen LogP contribution in [-0.4, -0.2) is 47.4 Å². The first-order chi connectivity index (χ1) is 13.7. The van der Waals surface area contributed by atoms with E-state index in [-0.39, 0.29) is 6.54 Å². The fraction of sp³-hybridized carbons (Fsp3) is 0.364. The zero-order valence-electron chi connectivity index (χ0n) is 16.9. The van der Waals surface area contributed by atoms with Crippen molar-refractivity contribution < 1.29 is 28.9 Å². The number of nitrogens with zero attached hydrogens (tertiary/aromatic N) is 1. The molecule has 2 atom stereocenters. The van der Waals surface area contributed by atoms with Gasteiger partial charge in [-0.15, -0.1) is 0 Å². The van der Waals surface area contributed by atoms with E-state index in [4.69, 9.17) is 14.2 Å². The average Bonchev–Trinajstić information content (AvgIpc) is 3.10. The standard InChI is InChI=1S/C22H25NO6/c1-21(2,3)29-20(26)23-14-18(19(24)25)28-22(23,15-8-6-5-7-9-15)16-10-12-17(27-4)13-11-16/h5-13,18H,14H2,1-4H3,(H,24,25)/t18-,22-/m1/s1. The molecule has 1 heterocycles. The lowest BCUT2D eigenvalue weighted by Gasteiger charge is -2.38. The molecule has 1 amide bonds. The van der Waals surface area contributed by atoms with Crippen molar-refractivity contribution in [2.75, 3.05) is 13.7 Å². The second-order valence-electron chi connectivity index (χ2n) is 7.77. The molecule has 2 aromatic carbocycles. The van der Waals surface area contributed by atoms with Crippen molar-refractivity contribution in [3.05, 3.63) is 65.7 Å². The molecule has 0 saturated carbocycles. The van der Waals surface area contributed by atoms with Gasteiger partial charge < -0.3 is 19.3 Å². The Hall–Kier alpha value is -3.06. The number of amides is 1. The molecule has 0 aliphatic carbocycles. The SMILES string of the molecule is COc1ccc([C@@]2(c3ccccc3)O[C@@H](C(=O)O)CN2C(=O)OC(C)(C)C)cc1. The van der Waals surface area contributed by atoms with Crippen molar-refractivity contribution in [2.24, 2.45) is 0 Å². The van der Waals surface area contributed by atoms with Crippen LogP contribution in [0.3, 0.4) is 0 Å². The van der Waals surface area contributed by atoms with Crippen molar-refractivity contribution in [2.45, 2.75) is 38.2 Å². The van der Waals surface area contributed by atoms with Gasteiger partial charge in [-0.05, 0) is 32.9 Å². The smallest absolute Gasteiger partial charge is 0.413 e. The van der Waals surface area contributed by atoms with Crippen LogP contribution < -0.4 is 4.74 Å². The molecule has 29 heavy (non-hydrogen) atoms. The van der Waals surface area contributed by atoms with Crippen molar-refractivity contribution in [3.63, 3.8) is 0 Å². The average molecular weight is 399 g/mol. The summed E-state index contributed by atoms with van der Waals surface area (Å²) in [6.07, 6.45) is -1.86. The summed E-state index contributed by atoms with van der Waals surface area (Å²) >= 11 is 0. The predicted octanol–water partition coefficient (Wildman–Crippen LogP) is 3.62. The highest BCUT2D eigenvalue weighted by atomic mass is 16.6. The molecule has 0 aromatic heterocycles. The first-order valence-electron chi connectivity index (χ1n) is 9.28. The number of carboxylic acids is 1. The monoisotopic (exact) mass is 399 g/mol. The largest absolute Gasteiger partial charge is 0.497 e. The van der Waals surface area contributed by atoms with Gasteiger partial charge in [0.15, 0.2) is 11.8 Å². The van der Waals surface area contributed by atoms with Crippen molar-refractivity contribution in [1.29, 1.82) is 0 Å². The molecule has 1 aliphatic rings. The minimum absolute atomic E-state index is 0.148. The molecule has 154 valence electrons. The van der Waals surface area contributed by atoms with Gasteiger partial charge in [-0.2, -0.15) is 0 Å². The number of methoxy groups -OCH3 is 1. The molecular weight excluding hydrogens is 374 g/mol. The Morgan fingerprint density at radius 2 is 1.66 bits per heavy atom. The van der Waals surface area contributed by atoms with Crippen LogP contribution in [0.2, 0.25) is 0 Å². The van der Waals surface area contributed by atoms with Crippen molar-refractivity contribution >= 4 is 12.1 Å². The molecule has 1 N–H and O–H groups in total. The zero-order chi connectivity index (χ0) is 21.2. The highest BCUT2D eigenvalue weighted by Crippen LogP contribution is 2.44. The molecule has 1 saturated heterocycles. The number of rotatable bonds is 4. The van der Waals surface area contributed by atoms with Gasteiger partial charge in [0.2, 0.25) is 0 Å². The van der Waals surface area contributed by atoms with Gasteiger partial charge in [0.25, 0.3) is 0 Å². The van der Waals surface area contributed by atoms with Gasteiger partial charge >= 0.3 is 12.1 Å². The minimum Gasteiger partial charge on any atom is -0.497 e. The van der Waals surface area contributed by atoms with Crippen LogP contribution in [0, 0.1) is 0 Å². The maximum atomic E-state index is 13.1. The van der Waals surface area contributed by atoms with Crippen LogP contribution in [0.1, 0.15) is 31.9 Å². The number of hydrogen-bond acceptors (Lipinski definition) is 5. The third kappa shape index (κ3) is 4.05.